The second-order valence-electron chi connectivity index (χ2n) is 4.17. The molecule has 6 nitrogen and oxygen atoms in total. The van der Waals surface area contributed by atoms with Gasteiger partial charge in [-0.05, 0) is 32.1 Å². The number of hydrogen-bond donors (Lipinski definition) is 1. The van der Waals surface area contributed by atoms with Crippen molar-refractivity contribution < 1.29 is 14.0 Å². The molecular formula is C13H13N3O3S. The summed E-state index contributed by atoms with van der Waals surface area (Å²) in [6.07, 6.45) is 3.10. The fraction of sp³-hybridized carbons (Fsp3) is 0.231. The molecule has 0 atom stereocenters. The number of ketones is 1. The maximum absolute atomic E-state index is 11.7. The summed E-state index contributed by atoms with van der Waals surface area (Å²) in [5.41, 5.74) is 0. The third-order valence-corrected chi connectivity index (χ3v) is 2.93. The summed E-state index contributed by atoms with van der Waals surface area (Å²) in [5, 5.41) is 2.95. The van der Waals surface area contributed by atoms with Crippen LogP contribution >= 0.6 is 11.5 Å². The Morgan fingerprint density at radius 1 is 1.45 bits per heavy atom. The van der Waals surface area contributed by atoms with Crippen LogP contribution in [0.5, 0.6) is 0 Å². The van der Waals surface area contributed by atoms with E-state index in [0.717, 1.165) is 17.3 Å². The molecule has 0 spiro atoms. The molecule has 1 amide bonds. The van der Waals surface area contributed by atoms with Gasteiger partial charge in [0.05, 0.1) is 6.42 Å². The Kier molecular flexibility index (Phi) is 4.41. The normalized spacial score (nSPS) is 10.9. The van der Waals surface area contributed by atoms with Crippen LogP contribution in [0.15, 0.2) is 22.6 Å². The van der Waals surface area contributed by atoms with Gasteiger partial charge in [-0.3, -0.25) is 14.9 Å². The van der Waals surface area contributed by atoms with Crippen LogP contribution in [0.25, 0.3) is 6.08 Å². The van der Waals surface area contributed by atoms with Crippen molar-refractivity contribution in [3.8, 4) is 0 Å². The largest absolute Gasteiger partial charge is 0.462 e. The summed E-state index contributed by atoms with van der Waals surface area (Å²) >= 11 is 1.04. The quantitative estimate of drug-likeness (QED) is 0.854. The fourth-order valence-electron chi connectivity index (χ4n) is 1.45. The zero-order chi connectivity index (χ0) is 14.5. The fourth-order valence-corrected chi connectivity index (χ4v) is 2.04. The zero-order valence-corrected chi connectivity index (χ0v) is 11.9. The number of nitrogens with zero attached hydrogens (tertiary/aromatic N) is 2. The smallest absolute Gasteiger partial charge is 0.250 e. The number of amides is 1. The Balaban J connectivity index is 1.92. The van der Waals surface area contributed by atoms with E-state index >= 15 is 0 Å². The van der Waals surface area contributed by atoms with E-state index in [4.69, 9.17) is 4.42 Å². The summed E-state index contributed by atoms with van der Waals surface area (Å²) in [6, 6.07) is 3.59. The molecule has 0 aliphatic heterocycles. The Morgan fingerprint density at radius 2 is 2.25 bits per heavy atom. The first-order valence-electron chi connectivity index (χ1n) is 5.90. The van der Waals surface area contributed by atoms with Crippen molar-refractivity contribution in [1.29, 1.82) is 0 Å². The van der Waals surface area contributed by atoms with Gasteiger partial charge in [-0.25, -0.2) is 4.98 Å². The van der Waals surface area contributed by atoms with Crippen LogP contribution in [0.2, 0.25) is 0 Å². The highest BCUT2D eigenvalue weighted by atomic mass is 32.1. The third kappa shape index (κ3) is 4.13. The molecule has 7 heteroatoms. The van der Waals surface area contributed by atoms with Crippen molar-refractivity contribution in [2.75, 3.05) is 5.32 Å². The second kappa shape index (κ2) is 6.25. The first-order valence-corrected chi connectivity index (χ1v) is 6.68. The van der Waals surface area contributed by atoms with E-state index in [2.05, 4.69) is 14.7 Å². The molecule has 0 saturated carbocycles. The van der Waals surface area contributed by atoms with Gasteiger partial charge >= 0.3 is 0 Å². The predicted molar refractivity (Wildman–Crippen MR) is 75.4 cm³/mol. The van der Waals surface area contributed by atoms with E-state index in [9.17, 15) is 9.59 Å². The first-order chi connectivity index (χ1) is 9.52. The number of furan rings is 1. The molecular weight excluding hydrogens is 278 g/mol. The monoisotopic (exact) mass is 291 g/mol. The number of hydrogen-bond acceptors (Lipinski definition) is 6. The maximum atomic E-state index is 11.7. The van der Waals surface area contributed by atoms with Gasteiger partial charge in [0.1, 0.15) is 17.3 Å². The number of rotatable bonds is 5. The van der Waals surface area contributed by atoms with Crippen LogP contribution < -0.4 is 5.32 Å². The van der Waals surface area contributed by atoms with Crippen molar-refractivity contribution in [2.24, 2.45) is 0 Å². The molecule has 2 aromatic rings. The van der Waals surface area contributed by atoms with Gasteiger partial charge in [0.2, 0.25) is 11.0 Å². The molecule has 0 bridgehead atoms. The number of aromatic nitrogens is 2. The lowest BCUT2D eigenvalue weighted by molar-refractivity contribution is -0.116. The molecule has 20 heavy (non-hydrogen) atoms. The lowest BCUT2D eigenvalue weighted by Crippen LogP contribution is -2.07. The van der Waals surface area contributed by atoms with Gasteiger partial charge in [0.25, 0.3) is 0 Å². The standard InChI is InChI=1S/C13H13N3O3S/c1-8(17)7-11-14-13(20-16-11)15-12(18)6-5-10-4-3-9(2)19-10/h3-6H,7H2,1-2H3,(H,14,15,16,18)/b6-5+. The lowest BCUT2D eigenvalue weighted by Gasteiger charge is -1.94. The number of nitrogens with one attached hydrogen (secondary N) is 1. The molecule has 1 N–H and O–H groups in total. The highest BCUT2D eigenvalue weighted by molar-refractivity contribution is 7.09. The van der Waals surface area contributed by atoms with Crippen molar-refractivity contribution in [2.45, 2.75) is 20.3 Å². The minimum Gasteiger partial charge on any atom is -0.462 e. The van der Waals surface area contributed by atoms with Crippen molar-refractivity contribution in [3.63, 3.8) is 0 Å². The summed E-state index contributed by atoms with van der Waals surface area (Å²) in [7, 11) is 0. The third-order valence-electron chi connectivity index (χ3n) is 2.27. The molecule has 0 saturated heterocycles. The van der Waals surface area contributed by atoms with Crippen molar-refractivity contribution >= 4 is 34.4 Å². The van der Waals surface area contributed by atoms with Gasteiger partial charge < -0.3 is 4.42 Å². The van der Waals surface area contributed by atoms with E-state index in [0.29, 0.717) is 16.7 Å². The zero-order valence-electron chi connectivity index (χ0n) is 11.0. The molecule has 0 aliphatic rings. The first kappa shape index (κ1) is 14.1. The molecule has 0 aromatic carbocycles. The molecule has 0 radical (unpaired) electrons. The lowest BCUT2D eigenvalue weighted by atomic mass is 10.3. The molecule has 2 aromatic heterocycles. The Hall–Kier alpha value is -2.28. The molecule has 104 valence electrons. The molecule has 0 unspecified atom stereocenters. The van der Waals surface area contributed by atoms with E-state index in [1.807, 2.05) is 13.0 Å². The average molecular weight is 291 g/mol. The van der Waals surface area contributed by atoms with E-state index in [1.165, 1.54) is 13.0 Å². The predicted octanol–water partition coefficient (Wildman–Crippen LogP) is 2.22. The van der Waals surface area contributed by atoms with Crippen LogP contribution in [0.4, 0.5) is 5.13 Å². The van der Waals surface area contributed by atoms with Crippen LogP contribution in [-0.4, -0.2) is 21.0 Å². The minimum atomic E-state index is -0.329. The van der Waals surface area contributed by atoms with Gasteiger partial charge in [-0.2, -0.15) is 4.37 Å². The second-order valence-corrected chi connectivity index (χ2v) is 4.92. The topological polar surface area (TPSA) is 85.1 Å². The Labute approximate surface area is 119 Å². The van der Waals surface area contributed by atoms with Crippen LogP contribution in [0.1, 0.15) is 24.3 Å². The molecule has 0 aliphatic carbocycles. The minimum absolute atomic E-state index is 0.0197. The summed E-state index contributed by atoms with van der Waals surface area (Å²) in [4.78, 5) is 26.6. The number of carbonyl (C=O) groups is 2. The number of Topliss-reactive ketones (excluding diaryl/α,β-unsaturated/α-hetero) is 1. The van der Waals surface area contributed by atoms with Gasteiger partial charge in [-0.15, -0.1) is 0 Å². The number of aryl methyl sites for hydroxylation is 1. The van der Waals surface area contributed by atoms with Crippen molar-refractivity contribution in [1.82, 2.24) is 9.36 Å². The molecule has 0 fully saturated rings. The number of carbonyl (C=O) groups excluding carboxylic acids is 2. The van der Waals surface area contributed by atoms with E-state index in [-0.39, 0.29) is 18.1 Å². The molecule has 2 rings (SSSR count). The van der Waals surface area contributed by atoms with Gasteiger partial charge in [0.15, 0.2) is 5.82 Å². The summed E-state index contributed by atoms with van der Waals surface area (Å²) in [5.74, 6) is 1.46. The summed E-state index contributed by atoms with van der Waals surface area (Å²) < 4.78 is 9.29. The Bertz CT molecular complexity index is 657. The summed E-state index contributed by atoms with van der Waals surface area (Å²) in [6.45, 7) is 3.29. The van der Waals surface area contributed by atoms with Gasteiger partial charge in [-0.1, -0.05) is 0 Å². The number of anilines is 1. The molecule has 2 heterocycles. The van der Waals surface area contributed by atoms with Crippen LogP contribution in [0.3, 0.4) is 0 Å². The maximum Gasteiger partial charge on any atom is 0.250 e. The SMILES string of the molecule is CC(=O)Cc1nsc(NC(=O)/C=C/c2ccc(C)o2)n1. The van der Waals surface area contributed by atoms with E-state index in [1.54, 1.807) is 12.1 Å². The van der Waals surface area contributed by atoms with Gasteiger partial charge in [0, 0.05) is 17.6 Å². The Morgan fingerprint density at radius 3 is 2.90 bits per heavy atom. The highest BCUT2D eigenvalue weighted by Crippen LogP contribution is 2.12. The van der Waals surface area contributed by atoms with Crippen molar-refractivity contribution in [3.05, 3.63) is 35.6 Å². The van der Waals surface area contributed by atoms with Crippen LogP contribution in [-0.2, 0) is 16.0 Å². The highest BCUT2D eigenvalue weighted by Gasteiger charge is 2.07. The van der Waals surface area contributed by atoms with E-state index < -0.39 is 0 Å². The van der Waals surface area contributed by atoms with Crippen LogP contribution in [0, 0.1) is 6.92 Å². The average Bonchev–Trinajstić information content (AvgIpc) is 2.95.